The van der Waals surface area contributed by atoms with Crippen molar-refractivity contribution in [3.05, 3.63) is 108 Å². The molecule has 8 heteroatoms. The maximum absolute atomic E-state index is 13.9. The number of ether oxygens (including phenoxy) is 5. The second kappa shape index (κ2) is 14.5. The van der Waals surface area contributed by atoms with Crippen LogP contribution in [-0.4, -0.2) is 57.1 Å². The summed E-state index contributed by atoms with van der Waals surface area (Å²) in [5, 5.41) is 3.85. The third-order valence-electron chi connectivity index (χ3n) is 8.65. The van der Waals surface area contributed by atoms with Gasteiger partial charge in [-0.25, -0.2) is 4.79 Å². The SMILES string of the molecule is CCCCN(C(=O)c1ccc2cc(OCCC3CO3)ccc2c1)c1cccc(OC(=O)c2ccc3cc(OCCC4CO4)ccc3c2)c1. The Morgan fingerprint density at radius 2 is 1.25 bits per heavy atom. The van der Waals surface area contributed by atoms with Gasteiger partial charge in [-0.2, -0.15) is 0 Å². The lowest BCUT2D eigenvalue weighted by Gasteiger charge is -2.23. The number of hydrogen-bond donors (Lipinski definition) is 0. The second-order valence-electron chi connectivity index (χ2n) is 12.3. The molecule has 0 saturated carbocycles. The van der Waals surface area contributed by atoms with Gasteiger partial charge in [-0.1, -0.05) is 43.7 Å². The summed E-state index contributed by atoms with van der Waals surface area (Å²) in [5.74, 6) is 1.38. The van der Waals surface area contributed by atoms with Crippen molar-refractivity contribution in [2.75, 3.05) is 37.9 Å². The minimum absolute atomic E-state index is 0.114. The first kappa shape index (κ1) is 31.7. The van der Waals surface area contributed by atoms with E-state index in [1.54, 1.807) is 29.2 Å². The molecule has 5 aromatic carbocycles. The number of fused-ring (bicyclic) bond motifs is 2. The predicted molar refractivity (Wildman–Crippen MR) is 186 cm³/mol. The minimum atomic E-state index is -0.469. The third kappa shape index (κ3) is 7.95. The standard InChI is InChI=1S/C40H39NO7/c1-2-3-17-41(39(42)31-9-7-29-22-34(13-11-27(29)20-31)44-18-15-37-25-46-37)33-5-4-6-36(24-33)48-40(43)32-10-8-30-23-35(14-12-28(30)21-32)45-19-16-38-26-47-38/h4-14,20-24,37-38H,2-3,15-19,25-26H2,1H3. The summed E-state index contributed by atoms with van der Waals surface area (Å²) in [4.78, 5) is 28.9. The molecule has 48 heavy (non-hydrogen) atoms. The van der Waals surface area contributed by atoms with Crippen LogP contribution in [0.1, 0.15) is 53.3 Å². The van der Waals surface area contributed by atoms with Crippen molar-refractivity contribution in [2.45, 2.75) is 44.8 Å². The van der Waals surface area contributed by atoms with Crippen LogP contribution in [0.3, 0.4) is 0 Å². The molecule has 2 aliphatic heterocycles. The van der Waals surface area contributed by atoms with E-state index in [0.29, 0.717) is 54.5 Å². The maximum Gasteiger partial charge on any atom is 0.343 e. The number of carbonyl (C=O) groups is 2. The zero-order chi connectivity index (χ0) is 32.9. The van der Waals surface area contributed by atoms with Gasteiger partial charge in [0.2, 0.25) is 0 Å². The number of amides is 1. The average molecular weight is 646 g/mol. The number of esters is 1. The molecule has 2 atom stereocenters. The Labute approximate surface area is 280 Å². The highest BCUT2D eigenvalue weighted by molar-refractivity contribution is 6.08. The highest BCUT2D eigenvalue weighted by atomic mass is 16.6. The van der Waals surface area contributed by atoms with E-state index in [1.807, 2.05) is 72.8 Å². The molecule has 2 aliphatic rings. The van der Waals surface area contributed by atoms with Crippen LogP contribution in [0.4, 0.5) is 5.69 Å². The van der Waals surface area contributed by atoms with Crippen LogP contribution in [0.5, 0.6) is 17.2 Å². The Morgan fingerprint density at radius 1 is 0.688 bits per heavy atom. The molecule has 5 aromatic rings. The fourth-order valence-electron chi connectivity index (χ4n) is 5.67. The van der Waals surface area contributed by atoms with Gasteiger partial charge < -0.3 is 28.6 Å². The van der Waals surface area contributed by atoms with Gasteiger partial charge in [-0.15, -0.1) is 0 Å². The number of unbranched alkanes of at least 4 members (excludes halogenated alkanes) is 1. The number of epoxide rings is 2. The van der Waals surface area contributed by atoms with Crippen molar-refractivity contribution in [2.24, 2.45) is 0 Å². The van der Waals surface area contributed by atoms with Crippen LogP contribution >= 0.6 is 0 Å². The van der Waals surface area contributed by atoms with Gasteiger partial charge in [-0.3, -0.25) is 4.79 Å². The molecular formula is C40H39NO7. The Bertz CT molecular complexity index is 1930. The number of hydrogen-bond acceptors (Lipinski definition) is 7. The van der Waals surface area contributed by atoms with Gasteiger partial charge in [0.1, 0.15) is 17.2 Å². The monoisotopic (exact) mass is 645 g/mol. The van der Waals surface area contributed by atoms with Gasteiger partial charge in [-0.05, 0) is 88.6 Å². The lowest BCUT2D eigenvalue weighted by atomic mass is 10.1. The molecule has 0 aromatic heterocycles. The van der Waals surface area contributed by atoms with Crippen LogP contribution in [0.15, 0.2) is 97.1 Å². The smallest absolute Gasteiger partial charge is 0.343 e. The first-order valence-electron chi connectivity index (χ1n) is 16.7. The molecule has 0 N–H and O–H groups in total. The Balaban J connectivity index is 1.03. The summed E-state index contributed by atoms with van der Waals surface area (Å²) in [6.07, 6.45) is 4.19. The van der Waals surface area contributed by atoms with Crippen molar-refractivity contribution in [1.82, 2.24) is 0 Å². The van der Waals surface area contributed by atoms with Crippen LogP contribution < -0.4 is 19.1 Å². The van der Waals surface area contributed by atoms with E-state index in [1.165, 1.54) is 0 Å². The Hall–Kier alpha value is -4.92. The molecule has 2 heterocycles. The predicted octanol–water partition coefficient (Wildman–Crippen LogP) is 7.99. The highest BCUT2D eigenvalue weighted by Gasteiger charge is 2.23. The number of nitrogens with zero attached hydrogens (tertiary/aromatic N) is 1. The molecule has 7 rings (SSSR count). The fourth-order valence-corrected chi connectivity index (χ4v) is 5.67. The van der Waals surface area contributed by atoms with Gasteiger partial charge >= 0.3 is 5.97 Å². The first-order valence-corrected chi connectivity index (χ1v) is 16.7. The number of rotatable bonds is 15. The van der Waals surface area contributed by atoms with E-state index in [0.717, 1.165) is 71.9 Å². The normalized spacial score (nSPS) is 16.4. The van der Waals surface area contributed by atoms with Crippen LogP contribution in [-0.2, 0) is 9.47 Å². The van der Waals surface area contributed by atoms with Crippen molar-refractivity contribution < 1.29 is 33.3 Å². The lowest BCUT2D eigenvalue weighted by Crippen LogP contribution is -2.32. The fraction of sp³-hybridized carbons (Fsp3) is 0.300. The molecule has 2 saturated heterocycles. The highest BCUT2D eigenvalue weighted by Crippen LogP contribution is 2.28. The van der Waals surface area contributed by atoms with E-state index >= 15 is 0 Å². The molecule has 0 spiro atoms. The van der Waals surface area contributed by atoms with E-state index in [2.05, 4.69) is 6.92 Å². The van der Waals surface area contributed by atoms with Crippen molar-refractivity contribution in [3.8, 4) is 17.2 Å². The van der Waals surface area contributed by atoms with E-state index < -0.39 is 5.97 Å². The zero-order valence-corrected chi connectivity index (χ0v) is 27.1. The van der Waals surface area contributed by atoms with Crippen molar-refractivity contribution in [3.63, 3.8) is 0 Å². The third-order valence-corrected chi connectivity index (χ3v) is 8.65. The van der Waals surface area contributed by atoms with E-state index in [9.17, 15) is 9.59 Å². The average Bonchev–Trinajstić information content (AvgIpc) is 4.05. The summed E-state index contributed by atoms with van der Waals surface area (Å²) in [6, 6.07) is 30.1. The van der Waals surface area contributed by atoms with Crippen LogP contribution in [0.2, 0.25) is 0 Å². The molecule has 0 bridgehead atoms. The number of carbonyl (C=O) groups excluding carboxylic acids is 2. The van der Waals surface area contributed by atoms with Crippen molar-refractivity contribution >= 4 is 39.1 Å². The zero-order valence-electron chi connectivity index (χ0n) is 27.1. The Kier molecular flexibility index (Phi) is 9.54. The van der Waals surface area contributed by atoms with Crippen LogP contribution in [0.25, 0.3) is 21.5 Å². The summed E-state index contributed by atoms with van der Waals surface area (Å²) in [5.41, 5.74) is 1.69. The largest absolute Gasteiger partial charge is 0.493 e. The summed E-state index contributed by atoms with van der Waals surface area (Å²) in [6.45, 7) is 5.49. The molecule has 8 nitrogen and oxygen atoms in total. The van der Waals surface area contributed by atoms with E-state index in [4.69, 9.17) is 23.7 Å². The van der Waals surface area contributed by atoms with Gasteiger partial charge in [0.15, 0.2) is 0 Å². The van der Waals surface area contributed by atoms with Gasteiger partial charge in [0, 0.05) is 36.7 Å². The van der Waals surface area contributed by atoms with Gasteiger partial charge in [0.25, 0.3) is 5.91 Å². The van der Waals surface area contributed by atoms with Crippen molar-refractivity contribution in [1.29, 1.82) is 0 Å². The topological polar surface area (TPSA) is 90.1 Å². The maximum atomic E-state index is 13.9. The summed E-state index contributed by atoms with van der Waals surface area (Å²) < 4.78 is 28.1. The molecule has 246 valence electrons. The molecule has 0 aliphatic carbocycles. The first-order chi connectivity index (χ1) is 23.5. The molecular weight excluding hydrogens is 606 g/mol. The second-order valence-corrected chi connectivity index (χ2v) is 12.3. The number of benzene rings is 5. The quantitative estimate of drug-likeness (QED) is 0.0648. The lowest BCUT2D eigenvalue weighted by molar-refractivity contribution is 0.0735. The van der Waals surface area contributed by atoms with E-state index in [-0.39, 0.29) is 5.91 Å². The van der Waals surface area contributed by atoms with Crippen LogP contribution in [0, 0.1) is 0 Å². The Morgan fingerprint density at radius 3 is 1.85 bits per heavy atom. The molecule has 2 unspecified atom stereocenters. The molecule has 0 radical (unpaired) electrons. The number of anilines is 1. The summed E-state index contributed by atoms with van der Waals surface area (Å²) >= 11 is 0. The molecule has 1 amide bonds. The molecule has 2 fully saturated rings. The summed E-state index contributed by atoms with van der Waals surface area (Å²) in [7, 11) is 0. The minimum Gasteiger partial charge on any atom is -0.493 e. The van der Waals surface area contributed by atoms with Gasteiger partial charge in [0.05, 0.1) is 44.2 Å².